The molecule has 1 fully saturated rings. The van der Waals surface area contributed by atoms with Gasteiger partial charge in [-0.3, -0.25) is 9.78 Å². The summed E-state index contributed by atoms with van der Waals surface area (Å²) in [5, 5.41) is 1.44. The molecule has 0 aliphatic heterocycles. The SMILES string of the molecule is Cn1cc(-c2cc(S(C)(=O)=O)cnc2CCC2CC2)c2ccccc2c1=O. The van der Waals surface area contributed by atoms with Crippen molar-refractivity contribution in [1.82, 2.24) is 9.55 Å². The molecule has 0 unspecified atom stereocenters. The minimum atomic E-state index is -3.37. The Bertz CT molecular complexity index is 1190. The lowest BCUT2D eigenvalue weighted by Crippen LogP contribution is -2.16. The Kier molecular flexibility index (Phi) is 4.38. The molecule has 0 amide bonds. The molecular weight excluding hydrogens is 360 g/mol. The quantitative estimate of drug-likeness (QED) is 0.679. The fourth-order valence-corrected chi connectivity index (χ4v) is 4.06. The Hall–Kier alpha value is -2.47. The monoisotopic (exact) mass is 382 g/mol. The smallest absolute Gasteiger partial charge is 0.258 e. The third-order valence-electron chi connectivity index (χ3n) is 5.24. The van der Waals surface area contributed by atoms with E-state index in [0.29, 0.717) is 5.39 Å². The number of sulfone groups is 1. The molecule has 1 aromatic carbocycles. The predicted molar refractivity (Wildman–Crippen MR) is 107 cm³/mol. The molecule has 0 radical (unpaired) electrons. The Morgan fingerprint density at radius 3 is 2.52 bits per heavy atom. The highest BCUT2D eigenvalue weighted by molar-refractivity contribution is 7.90. The minimum Gasteiger partial charge on any atom is -0.317 e. The lowest BCUT2D eigenvalue weighted by molar-refractivity contribution is 0.601. The van der Waals surface area contributed by atoms with E-state index in [1.54, 1.807) is 29.9 Å². The van der Waals surface area contributed by atoms with Crippen LogP contribution in [-0.2, 0) is 23.3 Å². The second-order valence-corrected chi connectivity index (χ2v) is 9.44. The van der Waals surface area contributed by atoms with Gasteiger partial charge in [-0.2, -0.15) is 0 Å². The molecule has 0 atom stereocenters. The van der Waals surface area contributed by atoms with E-state index in [1.807, 2.05) is 18.2 Å². The molecule has 6 heteroatoms. The number of fused-ring (bicyclic) bond motifs is 1. The van der Waals surface area contributed by atoms with Gasteiger partial charge in [0.15, 0.2) is 9.84 Å². The highest BCUT2D eigenvalue weighted by Crippen LogP contribution is 2.36. The van der Waals surface area contributed by atoms with Gasteiger partial charge in [-0.15, -0.1) is 0 Å². The van der Waals surface area contributed by atoms with Crippen LogP contribution in [0.3, 0.4) is 0 Å². The molecule has 0 saturated heterocycles. The van der Waals surface area contributed by atoms with Crippen molar-refractivity contribution in [1.29, 1.82) is 0 Å². The standard InChI is InChI=1S/C21H22N2O3S/c1-23-13-19(16-5-3-4-6-17(16)21(23)24)18-11-15(27(2,25)26)12-22-20(18)10-9-14-7-8-14/h3-6,11-14H,7-10H2,1-2H3. The molecule has 0 bridgehead atoms. The molecule has 0 spiro atoms. The van der Waals surface area contributed by atoms with Crippen molar-refractivity contribution >= 4 is 20.6 Å². The Balaban J connectivity index is 1.97. The molecule has 1 saturated carbocycles. The molecule has 2 aromatic heterocycles. The fourth-order valence-electron chi connectivity index (χ4n) is 3.49. The van der Waals surface area contributed by atoms with Crippen molar-refractivity contribution in [2.75, 3.05) is 6.26 Å². The highest BCUT2D eigenvalue weighted by Gasteiger charge is 2.23. The van der Waals surface area contributed by atoms with Crippen LogP contribution in [-0.4, -0.2) is 24.2 Å². The van der Waals surface area contributed by atoms with Crippen molar-refractivity contribution in [2.45, 2.75) is 30.6 Å². The molecule has 0 N–H and O–H groups in total. The van der Waals surface area contributed by atoms with E-state index in [-0.39, 0.29) is 10.5 Å². The molecule has 5 nitrogen and oxygen atoms in total. The van der Waals surface area contributed by atoms with Crippen molar-refractivity contribution in [3.05, 3.63) is 58.8 Å². The zero-order chi connectivity index (χ0) is 19.2. The molecular formula is C21H22N2O3S. The number of aromatic nitrogens is 2. The van der Waals surface area contributed by atoms with E-state index < -0.39 is 9.84 Å². The zero-order valence-corrected chi connectivity index (χ0v) is 16.3. The van der Waals surface area contributed by atoms with Gasteiger partial charge < -0.3 is 4.57 Å². The Labute approximate surface area is 158 Å². The largest absolute Gasteiger partial charge is 0.317 e. The van der Waals surface area contributed by atoms with Crippen LogP contribution in [0.4, 0.5) is 0 Å². The molecule has 27 heavy (non-hydrogen) atoms. The first kappa shape index (κ1) is 17.9. The number of pyridine rings is 2. The lowest BCUT2D eigenvalue weighted by atomic mass is 9.97. The van der Waals surface area contributed by atoms with E-state index in [9.17, 15) is 13.2 Å². The number of nitrogens with zero attached hydrogens (tertiary/aromatic N) is 2. The number of hydrogen-bond donors (Lipinski definition) is 0. The number of benzene rings is 1. The van der Waals surface area contributed by atoms with Gasteiger partial charge in [0.05, 0.1) is 4.90 Å². The Morgan fingerprint density at radius 2 is 1.85 bits per heavy atom. The van der Waals surface area contributed by atoms with Gasteiger partial charge >= 0.3 is 0 Å². The third-order valence-corrected chi connectivity index (χ3v) is 6.32. The second-order valence-electron chi connectivity index (χ2n) is 7.42. The van der Waals surface area contributed by atoms with Crippen molar-refractivity contribution in [3.8, 4) is 11.1 Å². The Morgan fingerprint density at radius 1 is 1.15 bits per heavy atom. The van der Waals surface area contributed by atoms with Crippen molar-refractivity contribution < 1.29 is 8.42 Å². The van der Waals surface area contributed by atoms with Gasteiger partial charge in [-0.25, -0.2) is 8.42 Å². The van der Waals surface area contributed by atoms with Crippen LogP contribution < -0.4 is 5.56 Å². The van der Waals surface area contributed by atoms with Gasteiger partial charge in [-0.1, -0.05) is 31.0 Å². The average Bonchev–Trinajstić information content (AvgIpc) is 3.47. The van der Waals surface area contributed by atoms with Crippen LogP contribution in [0, 0.1) is 5.92 Å². The summed E-state index contributed by atoms with van der Waals surface area (Å²) in [6, 6.07) is 9.15. The summed E-state index contributed by atoms with van der Waals surface area (Å²) >= 11 is 0. The van der Waals surface area contributed by atoms with Gasteiger partial charge in [0.2, 0.25) is 0 Å². The molecule has 3 aromatic rings. The van der Waals surface area contributed by atoms with E-state index >= 15 is 0 Å². The van der Waals surface area contributed by atoms with Crippen LogP contribution in [0.15, 0.2) is 52.4 Å². The van der Waals surface area contributed by atoms with Crippen LogP contribution in [0.1, 0.15) is 25.0 Å². The summed E-state index contributed by atoms with van der Waals surface area (Å²) < 4.78 is 25.7. The number of hydrogen-bond acceptors (Lipinski definition) is 4. The fraction of sp³-hybridized carbons (Fsp3) is 0.333. The topological polar surface area (TPSA) is 69.0 Å². The van der Waals surface area contributed by atoms with Gasteiger partial charge in [-0.05, 0) is 36.3 Å². The van der Waals surface area contributed by atoms with Crippen molar-refractivity contribution in [3.63, 3.8) is 0 Å². The average molecular weight is 382 g/mol. The summed E-state index contributed by atoms with van der Waals surface area (Å²) in [6.07, 6.45) is 8.82. The maximum absolute atomic E-state index is 12.5. The van der Waals surface area contributed by atoms with Crippen LogP contribution in [0.5, 0.6) is 0 Å². The summed E-state index contributed by atoms with van der Waals surface area (Å²) in [6.45, 7) is 0. The summed E-state index contributed by atoms with van der Waals surface area (Å²) in [4.78, 5) is 17.2. The van der Waals surface area contributed by atoms with E-state index in [4.69, 9.17) is 0 Å². The van der Waals surface area contributed by atoms with E-state index in [2.05, 4.69) is 4.98 Å². The van der Waals surface area contributed by atoms with E-state index in [1.165, 1.54) is 25.3 Å². The number of aryl methyl sites for hydroxylation is 2. The summed E-state index contributed by atoms with van der Waals surface area (Å²) in [7, 11) is -1.65. The van der Waals surface area contributed by atoms with Gasteiger partial charge in [0.1, 0.15) is 0 Å². The highest BCUT2D eigenvalue weighted by atomic mass is 32.2. The molecule has 140 valence electrons. The predicted octanol–water partition coefficient (Wildman–Crippen LogP) is 3.35. The van der Waals surface area contributed by atoms with Gasteiger partial charge in [0, 0.05) is 47.9 Å². The van der Waals surface area contributed by atoms with Crippen LogP contribution in [0.25, 0.3) is 21.9 Å². The summed E-state index contributed by atoms with van der Waals surface area (Å²) in [5.74, 6) is 0.756. The first-order valence-corrected chi connectivity index (χ1v) is 11.0. The van der Waals surface area contributed by atoms with E-state index in [0.717, 1.165) is 41.0 Å². The lowest BCUT2D eigenvalue weighted by Gasteiger charge is -2.14. The molecule has 4 rings (SSSR count). The molecule has 1 aliphatic carbocycles. The zero-order valence-electron chi connectivity index (χ0n) is 15.5. The maximum Gasteiger partial charge on any atom is 0.258 e. The van der Waals surface area contributed by atoms with Crippen LogP contribution in [0.2, 0.25) is 0 Å². The molecule has 2 heterocycles. The minimum absolute atomic E-state index is 0.0684. The first-order valence-electron chi connectivity index (χ1n) is 9.12. The van der Waals surface area contributed by atoms with Crippen molar-refractivity contribution in [2.24, 2.45) is 13.0 Å². The maximum atomic E-state index is 12.5. The first-order chi connectivity index (χ1) is 12.8. The third kappa shape index (κ3) is 3.54. The molecule has 1 aliphatic rings. The van der Waals surface area contributed by atoms with Crippen LogP contribution >= 0.6 is 0 Å². The summed E-state index contributed by atoms with van der Waals surface area (Å²) in [5.41, 5.74) is 2.46. The van der Waals surface area contributed by atoms with Gasteiger partial charge in [0.25, 0.3) is 5.56 Å². The number of rotatable bonds is 5. The second kappa shape index (κ2) is 6.60. The normalized spacial score (nSPS) is 14.6.